The van der Waals surface area contributed by atoms with E-state index in [9.17, 15) is 0 Å². The van der Waals surface area contributed by atoms with Gasteiger partial charge in [-0.25, -0.2) is 0 Å². The summed E-state index contributed by atoms with van der Waals surface area (Å²) in [6.07, 6.45) is 2.25. The second-order valence-electron chi connectivity index (χ2n) is 1.91. The second-order valence-corrected chi connectivity index (χ2v) is 1.91. The Morgan fingerprint density at radius 2 is 1.33 bits per heavy atom. The molecule has 0 heterocycles. The van der Waals surface area contributed by atoms with Crippen molar-refractivity contribution in [1.29, 1.82) is 0 Å². The molecule has 36 valence electrons. The van der Waals surface area contributed by atoms with Gasteiger partial charge in [0.15, 0.2) is 0 Å². The standard InChI is InChI=1S/C4H10N2/c5-3-1-2-4(3)6/h3-4H,1-2,5-6H2/t3-,4?/m0/s1. The van der Waals surface area contributed by atoms with Gasteiger partial charge in [0.25, 0.3) is 0 Å². The first-order valence-corrected chi connectivity index (χ1v) is 2.32. The minimum Gasteiger partial charge on any atom is -0.326 e. The van der Waals surface area contributed by atoms with E-state index in [0.29, 0.717) is 12.1 Å². The molecule has 0 spiro atoms. The lowest BCUT2D eigenvalue weighted by Gasteiger charge is -2.29. The van der Waals surface area contributed by atoms with Gasteiger partial charge in [0, 0.05) is 12.1 Å². The van der Waals surface area contributed by atoms with Gasteiger partial charge in [-0.05, 0) is 12.8 Å². The molecule has 1 rings (SSSR count). The molecular weight excluding hydrogens is 76.1 g/mol. The molecule has 6 heavy (non-hydrogen) atoms. The normalized spacial score (nSPS) is 45.0. The molecule has 0 radical (unpaired) electrons. The minimum absolute atomic E-state index is 0.310. The highest BCUT2D eigenvalue weighted by atomic mass is 14.8. The fourth-order valence-corrected chi connectivity index (χ4v) is 0.552. The fourth-order valence-electron chi connectivity index (χ4n) is 0.552. The molecule has 0 amide bonds. The van der Waals surface area contributed by atoms with Crippen molar-refractivity contribution in [1.82, 2.24) is 0 Å². The lowest BCUT2D eigenvalue weighted by atomic mass is 9.88. The van der Waals surface area contributed by atoms with E-state index in [0.717, 1.165) is 12.8 Å². The second kappa shape index (κ2) is 1.21. The van der Waals surface area contributed by atoms with Crippen LogP contribution in [0.15, 0.2) is 0 Å². The summed E-state index contributed by atoms with van der Waals surface area (Å²) in [6.45, 7) is 0. The molecule has 0 aromatic carbocycles. The van der Waals surface area contributed by atoms with E-state index in [-0.39, 0.29) is 0 Å². The molecule has 1 aliphatic carbocycles. The van der Waals surface area contributed by atoms with Gasteiger partial charge >= 0.3 is 0 Å². The van der Waals surface area contributed by atoms with Crippen molar-refractivity contribution < 1.29 is 0 Å². The van der Waals surface area contributed by atoms with Gasteiger partial charge in [0.2, 0.25) is 0 Å². The Labute approximate surface area is 37.5 Å². The van der Waals surface area contributed by atoms with Gasteiger partial charge < -0.3 is 11.5 Å². The first-order chi connectivity index (χ1) is 2.80. The zero-order valence-corrected chi connectivity index (χ0v) is 3.72. The molecule has 1 saturated carbocycles. The summed E-state index contributed by atoms with van der Waals surface area (Å²) in [6, 6.07) is 0.620. The van der Waals surface area contributed by atoms with Crippen LogP contribution in [0.25, 0.3) is 0 Å². The third-order valence-electron chi connectivity index (χ3n) is 1.38. The molecule has 2 heteroatoms. The highest BCUT2D eigenvalue weighted by Gasteiger charge is 2.22. The molecule has 0 aliphatic heterocycles. The van der Waals surface area contributed by atoms with Crippen LogP contribution in [0.2, 0.25) is 0 Å². The quantitative estimate of drug-likeness (QED) is 0.415. The maximum atomic E-state index is 5.40. The molecule has 4 N–H and O–H groups in total. The van der Waals surface area contributed by atoms with Crippen LogP contribution in [-0.2, 0) is 0 Å². The molecule has 2 atom stereocenters. The maximum absolute atomic E-state index is 5.40. The maximum Gasteiger partial charge on any atom is 0.0192 e. The van der Waals surface area contributed by atoms with Crippen LogP contribution in [0.5, 0.6) is 0 Å². The van der Waals surface area contributed by atoms with E-state index in [2.05, 4.69) is 0 Å². The molecule has 0 aromatic heterocycles. The summed E-state index contributed by atoms with van der Waals surface area (Å²) in [5.41, 5.74) is 10.8. The summed E-state index contributed by atoms with van der Waals surface area (Å²) in [5.74, 6) is 0. The monoisotopic (exact) mass is 86.1 g/mol. The Morgan fingerprint density at radius 1 is 1.00 bits per heavy atom. The van der Waals surface area contributed by atoms with Crippen LogP contribution in [0.3, 0.4) is 0 Å². The van der Waals surface area contributed by atoms with Crippen LogP contribution in [-0.4, -0.2) is 12.1 Å². The van der Waals surface area contributed by atoms with Crippen molar-refractivity contribution in [2.45, 2.75) is 24.9 Å². The number of rotatable bonds is 0. The van der Waals surface area contributed by atoms with E-state index in [1.807, 2.05) is 0 Å². The molecule has 0 saturated heterocycles. The highest BCUT2D eigenvalue weighted by molar-refractivity contribution is 4.86. The van der Waals surface area contributed by atoms with Crippen molar-refractivity contribution in [3.05, 3.63) is 0 Å². The first kappa shape index (κ1) is 4.09. The number of hydrogen-bond donors (Lipinski definition) is 2. The van der Waals surface area contributed by atoms with Crippen molar-refractivity contribution in [2.24, 2.45) is 11.5 Å². The summed E-state index contributed by atoms with van der Waals surface area (Å²) >= 11 is 0. The lowest BCUT2D eigenvalue weighted by Crippen LogP contribution is -2.49. The van der Waals surface area contributed by atoms with Crippen molar-refractivity contribution in [3.8, 4) is 0 Å². The van der Waals surface area contributed by atoms with Crippen molar-refractivity contribution in [3.63, 3.8) is 0 Å². The van der Waals surface area contributed by atoms with Crippen LogP contribution in [0.4, 0.5) is 0 Å². The van der Waals surface area contributed by atoms with E-state index in [4.69, 9.17) is 11.5 Å². The number of hydrogen-bond acceptors (Lipinski definition) is 2. The molecule has 1 unspecified atom stereocenters. The van der Waals surface area contributed by atoms with Crippen molar-refractivity contribution >= 4 is 0 Å². The Balaban J connectivity index is 2.20. The van der Waals surface area contributed by atoms with E-state index >= 15 is 0 Å². The Bertz CT molecular complexity index is 45.5. The third-order valence-corrected chi connectivity index (χ3v) is 1.38. The topological polar surface area (TPSA) is 52.0 Å². The molecule has 1 fully saturated rings. The average Bonchev–Trinajstić information content (AvgIpc) is 1.61. The van der Waals surface area contributed by atoms with Gasteiger partial charge in [-0.15, -0.1) is 0 Å². The molecule has 1 aliphatic rings. The summed E-state index contributed by atoms with van der Waals surface area (Å²) in [5, 5.41) is 0. The fraction of sp³-hybridized carbons (Fsp3) is 1.00. The SMILES string of the molecule is NC1CC[C@@H]1N. The minimum atomic E-state index is 0.310. The van der Waals surface area contributed by atoms with Crippen LogP contribution in [0, 0.1) is 0 Å². The Morgan fingerprint density at radius 3 is 1.33 bits per heavy atom. The van der Waals surface area contributed by atoms with E-state index in [1.165, 1.54) is 0 Å². The first-order valence-electron chi connectivity index (χ1n) is 2.32. The Hall–Kier alpha value is -0.0800. The van der Waals surface area contributed by atoms with Gasteiger partial charge in [0.05, 0.1) is 0 Å². The zero-order valence-electron chi connectivity index (χ0n) is 3.72. The van der Waals surface area contributed by atoms with Gasteiger partial charge in [-0.3, -0.25) is 0 Å². The van der Waals surface area contributed by atoms with Gasteiger partial charge in [-0.2, -0.15) is 0 Å². The van der Waals surface area contributed by atoms with E-state index in [1.54, 1.807) is 0 Å². The molecule has 0 bridgehead atoms. The van der Waals surface area contributed by atoms with Gasteiger partial charge in [0.1, 0.15) is 0 Å². The van der Waals surface area contributed by atoms with Crippen LogP contribution in [0.1, 0.15) is 12.8 Å². The predicted molar refractivity (Wildman–Crippen MR) is 25.2 cm³/mol. The van der Waals surface area contributed by atoms with Crippen LogP contribution < -0.4 is 11.5 Å². The summed E-state index contributed by atoms with van der Waals surface area (Å²) in [4.78, 5) is 0. The smallest absolute Gasteiger partial charge is 0.0192 e. The highest BCUT2D eigenvalue weighted by Crippen LogP contribution is 2.13. The summed E-state index contributed by atoms with van der Waals surface area (Å²) in [7, 11) is 0. The molecule has 0 aromatic rings. The molecule has 2 nitrogen and oxygen atoms in total. The molecular formula is C4H10N2. The zero-order chi connectivity index (χ0) is 4.57. The largest absolute Gasteiger partial charge is 0.326 e. The van der Waals surface area contributed by atoms with Gasteiger partial charge in [-0.1, -0.05) is 0 Å². The summed E-state index contributed by atoms with van der Waals surface area (Å²) < 4.78 is 0. The lowest BCUT2D eigenvalue weighted by molar-refractivity contribution is 0.347. The van der Waals surface area contributed by atoms with Crippen molar-refractivity contribution in [2.75, 3.05) is 0 Å². The number of nitrogens with two attached hydrogens (primary N) is 2. The predicted octanol–water partition coefficient (Wildman–Crippen LogP) is -0.565. The van der Waals surface area contributed by atoms with E-state index < -0.39 is 0 Å². The third kappa shape index (κ3) is 0.420. The van der Waals surface area contributed by atoms with Crippen LogP contribution >= 0.6 is 0 Å². The average molecular weight is 86.1 g/mol. The Kier molecular flexibility index (Phi) is 0.821.